The summed E-state index contributed by atoms with van der Waals surface area (Å²) in [5.41, 5.74) is 0.0442. The van der Waals surface area contributed by atoms with Gasteiger partial charge in [0.15, 0.2) is 0 Å². The molecule has 0 unspecified atom stereocenters. The Morgan fingerprint density at radius 2 is 1.72 bits per heavy atom. The number of esters is 2. The number of carbonyl (C=O) groups is 2. The molecule has 0 N–H and O–H groups in total. The molecule has 29 heavy (non-hydrogen) atoms. The van der Waals surface area contributed by atoms with Gasteiger partial charge in [0.25, 0.3) is 0 Å². The van der Waals surface area contributed by atoms with Crippen molar-refractivity contribution in [2.45, 2.75) is 104 Å². The topological polar surface area (TPSA) is 61.8 Å². The third-order valence-corrected chi connectivity index (χ3v) is 7.53. The lowest BCUT2D eigenvalue weighted by Gasteiger charge is -2.50. The van der Waals surface area contributed by atoms with Gasteiger partial charge in [0.2, 0.25) is 0 Å². The molecule has 0 aromatic carbocycles. The first-order valence-electron chi connectivity index (χ1n) is 11.2. The van der Waals surface area contributed by atoms with Crippen LogP contribution in [0, 0.1) is 23.7 Å². The third-order valence-electron chi connectivity index (χ3n) is 7.53. The molecule has 3 aliphatic rings. The smallest absolute Gasteiger partial charge is 0.303 e. The van der Waals surface area contributed by atoms with Gasteiger partial charge in [0.1, 0.15) is 17.3 Å². The molecule has 2 bridgehead atoms. The molecule has 5 heteroatoms. The van der Waals surface area contributed by atoms with Gasteiger partial charge in [-0.25, -0.2) is 0 Å². The Balaban J connectivity index is 2.11. The fourth-order valence-electron chi connectivity index (χ4n) is 6.44. The summed E-state index contributed by atoms with van der Waals surface area (Å²) < 4.78 is 18.7. The lowest BCUT2D eigenvalue weighted by atomic mass is 9.57. The molecule has 5 nitrogen and oxygen atoms in total. The standard InChI is InChI=1S/C24H38O5/c1-14(2)18-10-12-23(6,28-16(4)25)21-19-13-15(3)9-8-11-24(7,29-17(5)26)22(27-19)20(18)21/h9,14,18-22H,8,10-13H2,1-7H3/b15-9+/t18-,19+,20-,21-,22+,23-,24-/m1/s1. The van der Waals surface area contributed by atoms with E-state index in [1.807, 2.05) is 6.92 Å². The van der Waals surface area contributed by atoms with Crippen LogP contribution in [-0.4, -0.2) is 35.3 Å². The van der Waals surface area contributed by atoms with Crippen molar-refractivity contribution in [2.24, 2.45) is 23.7 Å². The first-order chi connectivity index (χ1) is 13.5. The van der Waals surface area contributed by atoms with Gasteiger partial charge in [-0.1, -0.05) is 25.5 Å². The second-order valence-corrected chi connectivity index (χ2v) is 10.3. The van der Waals surface area contributed by atoms with E-state index in [1.54, 1.807) is 0 Å². The first kappa shape index (κ1) is 22.3. The maximum Gasteiger partial charge on any atom is 0.303 e. The van der Waals surface area contributed by atoms with Crippen LogP contribution in [0.1, 0.15) is 80.6 Å². The molecule has 1 saturated carbocycles. The predicted octanol–water partition coefficient (Wildman–Crippen LogP) is 4.83. The Hall–Kier alpha value is -1.36. The van der Waals surface area contributed by atoms with Crippen molar-refractivity contribution in [1.82, 2.24) is 0 Å². The number of rotatable bonds is 3. The molecule has 2 heterocycles. The lowest BCUT2D eigenvalue weighted by Crippen LogP contribution is -2.56. The summed E-state index contributed by atoms with van der Waals surface area (Å²) in [4.78, 5) is 24.0. The van der Waals surface area contributed by atoms with Crippen molar-refractivity contribution >= 4 is 11.9 Å². The van der Waals surface area contributed by atoms with Crippen molar-refractivity contribution in [3.63, 3.8) is 0 Å². The SMILES string of the molecule is CC(=O)O[C@]1(C)CC[C@H](C(C)C)[C@@H]2[C@H]1[C@@H]1C/C(C)=C/CC[C@@](C)(OC(C)=O)[C@H]2O1. The maximum atomic E-state index is 12.0. The van der Waals surface area contributed by atoms with E-state index in [-0.39, 0.29) is 36.0 Å². The van der Waals surface area contributed by atoms with Crippen LogP contribution < -0.4 is 0 Å². The molecule has 0 amide bonds. The van der Waals surface area contributed by atoms with Crippen LogP contribution >= 0.6 is 0 Å². The van der Waals surface area contributed by atoms with Crippen molar-refractivity contribution < 1.29 is 23.8 Å². The summed E-state index contributed by atoms with van der Waals surface area (Å²) in [5, 5.41) is 0. The molecule has 0 radical (unpaired) electrons. The van der Waals surface area contributed by atoms with Crippen molar-refractivity contribution in [3.05, 3.63) is 11.6 Å². The van der Waals surface area contributed by atoms with Crippen LogP contribution in [0.15, 0.2) is 11.6 Å². The van der Waals surface area contributed by atoms with Gasteiger partial charge < -0.3 is 14.2 Å². The number of fused-ring (bicyclic) bond motifs is 5. The van der Waals surface area contributed by atoms with Crippen LogP contribution in [0.25, 0.3) is 0 Å². The minimum atomic E-state index is -0.688. The number of allylic oxidation sites excluding steroid dienone is 1. The molecule has 1 aliphatic carbocycles. The van der Waals surface area contributed by atoms with Gasteiger partial charge in [0, 0.05) is 25.7 Å². The average molecular weight is 407 g/mol. The molecular formula is C24H38O5. The van der Waals surface area contributed by atoms with E-state index in [1.165, 1.54) is 19.4 Å². The molecular weight excluding hydrogens is 368 g/mol. The first-order valence-corrected chi connectivity index (χ1v) is 11.2. The Bertz CT molecular complexity index is 683. The van der Waals surface area contributed by atoms with E-state index in [9.17, 15) is 9.59 Å². The monoisotopic (exact) mass is 406 g/mol. The van der Waals surface area contributed by atoms with Crippen LogP contribution in [0.2, 0.25) is 0 Å². The van der Waals surface area contributed by atoms with E-state index >= 15 is 0 Å². The summed E-state index contributed by atoms with van der Waals surface area (Å²) in [6, 6.07) is 0. The van der Waals surface area contributed by atoms with E-state index in [4.69, 9.17) is 14.2 Å². The second-order valence-electron chi connectivity index (χ2n) is 10.3. The van der Waals surface area contributed by atoms with Crippen molar-refractivity contribution in [2.75, 3.05) is 0 Å². The highest BCUT2D eigenvalue weighted by molar-refractivity contribution is 5.67. The highest BCUT2D eigenvalue weighted by Gasteiger charge is 2.63. The third kappa shape index (κ3) is 4.26. The molecule has 0 aromatic rings. The molecule has 164 valence electrons. The number of carbonyl (C=O) groups excluding carboxylic acids is 2. The van der Waals surface area contributed by atoms with Crippen LogP contribution in [0.3, 0.4) is 0 Å². The van der Waals surface area contributed by atoms with Gasteiger partial charge in [-0.15, -0.1) is 0 Å². The number of ether oxygens (including phenoxy) is 3. The molecule has 2 fully saturated rings. The van der Waals surface area contributed by atoms with Crippen LogP contribution in [0.4, 0.5) is 0 Å². The van der Waals surface area contributed by atoms with Crippen LogP contribution in [0.5, 0.6) is 0 Å². The van der Waals surface area contributed by atoms with E-state index < -0.39 is 11.2 Å². The number of hydrogen-bond acceptors (Lipinski definition) is 5. The molecule has 3 rings (SSSR count). The Labute approximate surface area is 175 Å². The largest absolute Gasteiger partial charge is 0.459 e. The van der Waals surface area contributed by atoms with E-state index in [2.05, 4.69) is 33.8 Å². The maximum absolute atomic E-state index is 12.0. The zero-order valence-electron chi connectivity index (χ0n) is 19.1. The highest BCUT2D eigenvalue weighted by atomic mass is 16.6. The molecule has 2 aliphatic heterocycles. The molecule has 7 atom stereocenters. The average Bonchev–Trinajstić information content (AvgIpc) is 2.95. The Morgan fingerprint density at radius 1 is 1.10 bits per heavy atom. The normalized spacial score (nSPS) is 44.0. The van der Waals surface area contributed by atoms with Gasteiger partial charge >= 0.3 is 11.9 Å². The molecule has 1 saturated heterocycles. The zero-order chi connectivity index (χ0) is 21.6. The minimum Gasteiger partial charge on any atom is -0.459 e. The summed E-state index contributed by atoms with van der Waals surface area (Å²) >= 11 is 0. The minimum absolute atomic E-state index is 0.0415. The Kier molecular flexibility index (Phi) is 6.20. The van der Waals surface area contributed by atoms with Gasteiger partial charge in [-0.3, -0.25) is 9.59 Å². The number of hydrogen-bond donors (Lipinski definition) is 0. The fourth-order valence-corrected chi connectivity index (χ4v) is 6.44. The fraction of sp³-hybridized carbons (Fsp3) is 0.833. The van der Waals surface area contributed by atoms with Gasteiger partial charge in [0.05, 0.1) is 6.10 Å². The van der Waals surface area contributed by atoms with Gasteiger partial charge in [-0.2, -0.15) is 0 Å². The summed E-state index contributed by atoms with van der Waals surface area (Å²) in [5.74, 6) is 0.698. The van der Waals surface area contributed by atoms with Crippen molar-refractivity contribution in [1.29, 1.82) is 0 Å². The summed E-state index contributed by atoms with van der Waals surface area (Å²) in [6.45, 7) is 13.8. The van der Waals surface area contributed by atoms with Gasteiger partial charge in [-0.05, 0) is 64.7 Å². The molecule has 0 aromatic heterocycles. The van der Waals surface area contributed by atoms with Crippen molar-refractivity contribution in [3.8, 4) is 0 Å². The zero-order valence-corrected chi connectivity index (χ0v) is 19.1. The van der Waals surface area contributed by atoms with E-state index in [0.717, 1.165) is 32.1 Å². The molecule has 0 spiro atoms. The summed E-state index contributed by atoms with van der Waals surface area (Å²) in [6.07, 6.45) is 6.27. The lowest BCUT2D eigenvalue weighted by molar-refractivity contribution is -0.181. The van der Waals surface area contributed by atoms with E-state index in [0.29, 0.717) is 11.8 Å². The second kappa shape index (κ2) is 8.05. The quantitative estimate of drug-likeness (QED) is 0.496. The Morgan fingerprint density at radius 3 is 2.31 bits per heavy atom. The summed E-state index contributed by atoms with van der Waals surface area (Å²) in [7, 11) is 0. The highest BCUT2D eigenvalue weighted by Crippen LogP contribution is 2.57. The van der Waals surface area contributed by atoms with Crippen LogP contribution in [-0.2, 0) is 23.8 Å². The predicted molar refractivity (Wildman–Crippen MR) is 111 cm³/mol.